The molecule has 2 rings (SSSR count). The largest absolute Gasteiger partial charge is 0.385 e. The van der Waals surface area contributed by atoms with Crippen LogP contribution in [0.4, 0.5) is 0 Å². The molecule has 0 saturated carbocycles. The van der Waals surface area contributed by atoms with Gasteiger partial charge >= 0.3 is 0 Å². The van der Waals surface area contributed by atoms with E-state index in [9.17, 15) is 4.79 Å². The van der Waals surface area contributed by atoms with Gasteiger partial charge in [-0.1, -0.05) is 6.07 Å². The summed E-state index contributed by atoms with van der Waals surface area (Å²) in [5.74, 6) is 0.233. The summed E-state index contributed by atoms with van der Waals surface area (Å²) in [7, 11) is 1.69. The molecular weight excluding hydrogens is 254 g/mol. The molecule has 0 aliphatic carbocycles. The number of ether oxygens (including phenoxy) is 1. The monoisotopic (exact) mass is 277 g/mol. The number of carbonyl (C=O) groups is 1. The molecule has 0 radical (unpaired) electrons. The first-order chi connectivity index (χ1) is 9.83. The second-order valence-electron chi connectivity index (χ2n) is 5.04. The average Bonchev–Trinajstić information content (AvgIpc) is 2.52. The van der Waals surface area contributed by atoms with Crippen molar-refractivity contribution in [1.29, 1.82) is 0 Å². The van der Waals surface area contributed by atoms with Gasteiger partial charge < -0.3 is 15.0 Å². The third-order valence-corrected chi connectivity index (χ3v) is 3.62. The standard InChI is InChI=1S/C15H23N3O2/c1-20-10-3-2-6-15(19)18-9-8-17-12-14(18)13-5-4-7-16-11-13/h4-5,7,11,14,17H,2-3,6,8-10,12H2,1H3. The molecule has 20 heavy (non-hydrogen) atoms. The van der Waals surface area contributed by atoms with Gasteiger partial charge in [-0.2, -0.15) is 0 Å². The molecule has 1 amide bonds. The first-order valence-corrected chi connectivity index (χ1v) is 7.22. The van der Waals surface area contributed by atoms with Gasteiger partial charge in [0.05, 0.1) is 6.04 Å². The van der Waals surface area contributed by atoms with Gasteiger partial charge in [0.2, 0.25) is 5.91 Å². The molecule has 1 aliphatic heterocycles. The maximum atomic E-state index is 12.4. The Hall–Kier alpha value is -1.46. The Morgan fingerprint density at radius 3 is 3.20 bits per heavy atom. The number of hydrogen-bond donors (Lipinski definition) is 1. The van der Waals surface area contributed by atoms with Crippen molar-refractivity contribution in [2.45, 2.75) is 25.3 Å². The number of aromatic nitrogens is 1. The van der Waals surface area contributed by atoms with E-state index >= 15 is 0 Å². The fourth-order valence-electron chi connectivity index (χ4n) is 2.54. The summed E-state index contributed by atoms with van der Waals surface area (Å²) >= 11 is 0. The number of unbranched alkanes of at least 4 members (excludes halogenated alkanes) is 1. The van der Waals surface area contributed by atoms with Crippen molar-refractivity contribution in [2.24, 2.45) is 0 Å². The molecule has 2 heterocycles. The lowest BCUT2D eigenvalue weighted by molar-refractivity contribution is -0.134. The van der Waals surface area contributed by atoms with Crippen LogP contribution in [0.2, 0.25) is 0 Å². The van der Waals surface area contributed by atoms with Gasteiger partial charge in [0.15, 0.2) is 0 Å². The molecule has 1 fully saturated rings. The van der Waals surface area contributed by atoms with Gasteiger partial charge in [-0.05, 0) is 24.5 Å². The number of hydrogen-bond acceptors (Lipinski definition) is 4. The van der Waals surface area contributed by atoms with E-state index in [1.807, 2.05) is 23.2 Å². The van der Waals surface area contributed by atoms with Crippen LogP contribution in [0.1, 0.15) is 30.9 Å². The summed E-state index contributed by atoms with van der Waals surface area (Å²) in [5.41, 5.74) is 1.10. The number of nitrogens with one attached hydrogen (secondary N) is 1. The first kappa shape index (κ1) is 14.9. The molecule has 1 N–H and O–H groups in total. The third kappa shape index (κ3) is 4.02. The van der Waals surface area contributed by atoms with Crippen LogP contribution in [0.25, 0.3) is 0 Å². The van der Waals surface area contributed by atoms with Crippen LogP contribution < -0.4 is 5.32 Å². The highest BCUT2D eigenvalue weighted by molar-refractivity contribution is 5.76. The van der Waals surface area contributed by atoms with Crippen molar-refractivity contribution in [1.82, 2.24) is 15.2 Å². The van der Waals surface area contributed by atoms with Crippen LogP contribution in [0.3, 0.4) is 0 Å². The van der Waals surface area contributed by atoms with Gasteiger partial charge in [-0.15, -0.1) is 0 Å². The molecule has 1 saturated heterocycles. The molecule has 0 aromatic carbocycles. The number of rotatable bonds is 6. The Kier molecular flexibility index (Phi) is 5.95. The van der Waals surface area contributed by atoms with Crippen LogP contribution in [0, 0.1) is 0 Å². The van der Waals surface area contributed by atoms with Crippen LogP contribution in [0.5, 0.6) is 0 Å². The predicted molar refractivity (Wildman–Crippen MR) is 77.3 cm³/mol. The Morgan fingerprint density at radius 2 is 2.45 bits per heavy atom. The average molecular weight is 277 g/mol. The maximum absolute atomic E-state index is 12.4. The third-order valence-electron chi connectivity index (χ3n) is 3.62. The molecule has 0 bridgehead atoms. The van der Waals surface area contributed by atoms with E-state index in [1.54, 1.807) is 13.3 Å². The highest BCUT2D eigenvalue weighted by Crippen LogP contribution is 2.22. The smallest absolute Gasteiger partial charge is 0.223 e. The van der Waals surface area contributed by atoms with Crippen molar-refractivity contribution in [2.75, 3.05) is 33.4 Å². The topological polar surface area (TPSA) is 54.5 Å². The lowest BCUT2D eigenvalue weighted by Gasteiger charge is -2.36. The highest BCUT2D eigenvalue weighted by atomic mass is 16.5. The van der Waals surface area contributed by atoms with Crippen LogP contribution in [-0.2, 0) is 9.53 Å². The van der Waals surface area contributed by atoms with Crippen molar-refractivity contribution in [3.63, 3.8) is 0 Å². The summed E-state index contributed by atoms with van der Waals surface area (Å²) in [6.45, 7) is 3.15. The Labute approximate surface area is 120 Å². The molecule has 1 aromatic rings. The summed E-state index contributed by atoms with van der Waals surface area (Å²) in [5, 5.41) is 3.35. The fraction of sp³-hybridized carbons (Fsp3) is 0.600. The number of carbonyl (C=O) groups excluding carboxylic acids is 1. The molecule has 1 aliphatic rings. The number of pyridine rings is 1. The summed E-state index contributed by atoms with van der Waals surface area (Å²) < 4.78 is 5.02. The lowest BCUT2D eigenvalue weighted by atomic mass is 10.0. The summed E-state index contributed by atoms with van der Waals surface area (Å²) in [6.07, 6.45) is 6.03. The van der Waals surface area contributed by atoms with Gasteiger partial charge in [-0.25, -0.2) is 0 Å². The summed E-state index contributed by atoms with van der Waals surface area (Å²) in [4.78, 5) is 18.5. The van der Waals surface area contributed by atoms with Crippen molar-refractivity contribution in [3.8, 4) is 0 Å². The second kappa shape index (κ2) is 7.97. The zero-order valence-corrected chi connectivity index (χ0v) is 12.0. The quantitative estimate of drug-likeness (QED) is 0.798. The Balaban J connectivity index is 1.94. The highest BCUT2D eigenvalue weighted by Gasteiger charge is 2.27. The molecule has 110 valence electrons. The lowest BCUT2D eigenvalue weighted by Crippen LogP contribution is -2.48. The number of methoxy groups -OCH3 is 1. The van der Waals surface area contributed by atoms with Gasteiger partial charge in [0, 0.05) is 52.2 Å². The minimum atomic E-state index is 0.104. The number of piperazine rings is 1. The van der Waals surface area contributed by atoms with E-state index in [4.69, 9.17) is 4.74 Å². The fourth-order valence-corrected chi connectivity index (χ4v) is 2.54. The molecule has 5 heteroatoms. The Bertz CT molecular complexity index is 411. The molecule has 1 aromatic heterocycles. The number of amides is 1. The zero-order chi connectivity index (χ0) is 14.2. The molecule has 0 spiro atoms. The summed E-state index contributed by atoms with van der Waals surface area (Å²) in [6, 6.07) is 4.06. The molecule has 1 unspecified atom stereocenters. The van der Waals surface area contributed by atoms with E-state index < -0.39 is 0 Å². The van der Waals surface area contributed by atoms with Gasteiger partial charge in [0.25, 0.3) is 0 Å². The van der Waals surface area contributed by atoms with Crippen molar-refractivity contribution >= 4 is 5.91 Å². The first-order valence-electron chi connectivity index (χ1n) is 7.22. The zero-order valence-electron chi connectivity index (χ0n) is 12.0. The van der Waals surface area contributed by atoms with E-state index in [-0.39, 0.29) is 11.9 Å². The van der Waals surface area contributed by atoms with E-state index in [1.165, 1.54) is 0 Å². The van der Waals surface area contributed by atoms with Gasteiger partial charge in [-0.3, -0.25) is 9.78 Å². The minimum Gasteiger partial charge on any atom is -0.385 e. The predicted octanol–water partition coefficient (Wildman–Crippen LogP) is 1.37. The number of nitrogens with zero attached hydrogens (tertiary/aromatic N) is 2. The van der Waals surface area contributed by atoms with Crippen LogP contribution in [0.15, 0.2) is 24.5 Å². The van der Waals surface area contributed by atoms with Crippen LogP contribution in [-0.4, -0.2) is 49.1 Å². The Morgan fingerprint density at radius 1 is 1.55 bits per heavy atom. The van der Waals surface area contributed by atoms with Crippen molar-refractivity contribution in [3.05, 3.63) is 30.1 Å². The SMILES string of the molecule is COCCCCC(=O)N1CCNCC1c1cccnc1. The van der Waals surface area contributed by atoms with E-state index in [0.29, 0.717) is 6.42 Å². The van der Waals surface area contributed by atoms with Crippen LogP contribution >= 0.6 is 0 Å². The van der Waals surface area contributed by atoms with E-state index in [0.717, 1.165) is 44.6 Å². The van der Waals surface area contributed by atoms with Gasteiger partial charge in [0.1, 0.15) is 0 Å². The molecular formula is C15H23N3O2. The normalized spacial score (nSPS) is 19.1. The second-order valence-corrected chi connectivity index (χ2v) is 5.04. The minimum absolute atomic E-state index is 0.104. The molecule has 5 nitrogen and oxygen atoms in total. The maximum Gasteiger partial charge on any atom is 0.223 e. The van der Waals surface area contributed by atoms with E-state index in [2.05, 4.69) is 10.3 Å². The van der Waals surface area contributed by atoms with Crippen molar-refractivity contribution < 1.29 is 9.53 Å². The molecule has 1 atom stereocenters.